The first kappa shape index (κ1) is 17.2. The number of ether oxygens (including phenoxy) is 1. The first-order valence-electron chi connectivity index (χ1n) is 7.60. The third kappa shape index (κ3) is 6.93. The van der Waals surface area contributed by atoms with Gasteiger partial charge in [0.05, 0.1) is 0 Å². The van der Waals surface area contributed by atoms with Crippen molar-refractivity contribution in [1.29, 1.82) is 0 Å². The summed E-state index contributed by atoms with van der Waals surface area (Å²) in [6.45, 7) is 8.18. The number of amides is 1. The lowest BCUT2D eigenvalue weighted by molar-refractivity contribution is -0.123. The third-order valence-electron chi connectivity index (χ3n) is 3.13. The number of unbranched alkanes of at least 4 members (excludes halogenated alkanes) is 1. The van der Waals surface area contributed by atoms with Crippen LogP contribution in [0.5, 0.6) is 5.75 Å². The summed E-state index contributed by atoms with van der Waals surface area (Å²) in [6.07, 6.45) is 4.02. The van der Waals surface area contributed by atoms with Crippen LogP contribution in [-0.2, 0) is 4.79 Å². The van der Waals surface area contributed by atoms with E-state index in [4.69, 9.17) is 4.74 Å². The van der Waals surface area contributed by atoms with Crippen LogP contribution in [0.15, 0.2) is 23.3 Å². The van der Waals surface area contributed by atoms with Gasteiger partial charge in [-0.25, -0.2) is 5.43 Å². The van der Waals surface area contributed by atoms with Crippen molar-refractivity contribution in [3.8, 4) is 5.75 Å². The van der Waals surface area contributed by atoms with E-state index in [-0.39, 0.29) is 12.5 Å². The van der Waals surface area contributed by atoms with Crippen LogP contribution in [0.2, 0.25) is 0 Å². The molecule has 116 valence electrons. The Labute approximate surface area is 127 Å². The topological polar surface area (TPSA) is 50.7 Å². The van der Waals surface area contributed by atoms with Crippen LogP contribution in [-0.4, -0.2) is 18.2 Å². The number of benzene rings is 1. The zero-order valence-electron chi connectivity index (χ0n) is 13.5. The Balaban J connectivity index is 2.44. The second kappa shape index (κ2) is 9.16. The molecular weight excluding hydrogens is 264 g/mol. The van der Waals surface area contributed by atoms with E-state index in [1.165, 1.54) is 0 Å². The van der Waals surface area contributed by atoms with Crippen LogP contribution >= 0.6 is 0 Å². The van der Waals surface area contributed by atoms with Gasteiger partial charge in [-0.2, -0.15) is 5.10 Å². The van der Waals surface area contributed by atoms with Crippen LogP contribution < -0.4 is 10.2 Å². The van der Waals surface area contributed by atoms with Crippen LogP contribution in [0.3, 0.4) is 0 Å². The minimum atomic E-state index is -0.225. The number of rotatable bonds is 8. The molecule has 1 aromatic carbocycles. The van der Waals surface area contributed by atoms with Crippen molar-refractivity contribution in [3.05, 3.63) is 29.3 Å². The summed E-state index contributed by atoms with van der Waals surface area (Å²) in [6, 6.07) is 5.91. The van der Waals surface area contributed by atoms with Gasteiger partial charge in [0.15, 0.2) is 6.61 Å². The summed E-state index contributed by atoms with van der Waals surface area (Å²) in [7, 11) is 0. The van der Waals surface area contributed by atoms with E-state index >= 15 is 0 Å². The lowest BCUT2D eigenvalue weighted by atomic mass is 10.1. The van der Waals surface area contributed by atoms with Crippen molar-refractivity contribution in [1.82, 2.24) is 5.43 Å². The smallest absolute Gasteiger partial charge is 0.277 e. The van der Waals surface area contributed by atoms with Crippen LogP contribution in [0.25, 0.3) is 0 Å². The summed E-state index contributed by atoms with van der Waals surface area (Å²) in [4.78, 5) is 11.7. The molecule has 0 aliphatic heterocycles. The molecule has 1 aromatic rings. The summed E-state index contributed by atoms with van der Waals surface area (Å²) < 4.78 is 5.50. The van der Waals surface area contributed by atoms with Gasteiger partial charge in [-0.05, 0) is 56.4 Å². The van der Waals surface area contributed by atoms with E-state index in [0.29, 0.717) is 5.75 Å². The highest BCUT2D eigenvalue weighted by atomic mass is 16.5. The normalized spacial score (nSPS) is 11.3. The molecule has 1 N–H and O–H groups in total. The molecular formula is C17H26N2O2. The Morgan fingerprint density at radius 3 is 2.43 bits per heavy atom. The fraction of sp³-hybridized carbons (Fsp3) is 0.529. The number of aryl methyl sites for hydroxylation is 2. The van der Waals surface area contributed by atoms with Crippen LogP contribution in [0.4, 0.5) is 0 Å². The highest BCUT2D eigenvalue weighted by Crippen LogP contribution is 2.15. The number of nitrogens with zero attached hydrogens (tertiary/aromatic N) is 1. The SMILES string of the molecule is CCCC/C(CC)=N/NC(=O)COc1cc(C)cc(C)c1. The molecule has 1 rings (SSSR count). The molecule has 1 amide bonds. The highest BCUT2D eigenvalue weighted by Gasteiger charge is 2.04. The summed E-state index contributed by atoms with van der Waals surface area (Å²) in [5.41, 5.74) is 5.83. The van der Waals surface area contributed by atoms with Gasteiger partial charge in [-0.3, -0.25) is 4.79 Å². The van der Waals surface area contributed by atoms with E-state index in [1.807, 2.05) is 32.9 Å². The molecule has 4 heteroatoms. The second-order valence-corrected chi connectivity index (χ2v) is 5.28. The zero-order chi connectivity index (χ0) is 15.7. The Kier molecular flexibility index (Phi) is 7.51. The molecule has 0 fully saturated rings. The van der Waals surface area contributed by atoms with Crippen molar-refractivity contribution >= 4 is 11.6 Å². The van der Waals surface area contributed by atoms with E-state index in [0.717, 1.165) is 42.5 Å². The first-order chi connectivity index (χ1) is 10.0. The molecule has 0 saturated carbocycles. The summed E-state index contributed by atoms with van der Waals surface area (Å²) in [5.74, 6) is 0.491. The Morgan fingerprint density at radius 2 is 1.86 bits per heavy atom. The standard InChI is InChI=1S/C17H26N2O2/c1-5-7-8-15(6-2)18-19-17(20)12-21-16-10-13(3)9-14(4)11-16/h9-11H,5-8,12H2,1-4H3,(H,19,20)/b18-15+. The van der Waals surface area contributed by atoms with Gasteiger partial charge in [-0.15, -0.1) is 0 Å². The predicted molar refractivity (Wildman–Crippen MR) is 86.8 cm³/mol. The molecule has 0 saturated heterocycles. The van der Waals surface area contributed by atoms with Gasteiger partial charge in [0, 0.05) is 5.71 Å². The van der Waals surface area contributed by atoms with Crippen molar-refractivity contribution in [2.24, 2.45) is 5.10 Å². The molecule has 4 nitrogen and oxygen atoms in total. The van der Waals surface area contributed by atoms with E-state index in [9.17, 15) is 4.79 Å². The van der Waals surface area contributed by atoms with Crippen molar-refractivity contribution < 1.29 is 9.53 Å². The molecule has 0 aromatic heterocycles. The first-order valence-corrected chi connectivity index (χ1v) is 7.60. The lowest BCUT2D eigenvalue weighted by Crippen LogP contribution is -2.25. The largest absolute Gasteiger partial charge is 0.484 e. The lowest BCUT2D eigenvalue weighted by Gasteiger charge is -2.08. The molecule has 0 atom stereocenters. The number of carbonyl (C=O) groups is 1. The van der Waals surface area contributed by atoms with Gasteiger partial charge in [0.2, 0.25) is 0 Å². The second-order valence-electron chi connectivity index (χ2n) is 5.28. The molecule has 0 aliphatic carbocycles. The summed E-state index contributed by atoms with van der Waals surface area (Å²) >= 11 is 0. The summed E-state index contributed by atoms with van der Waals surface area (Å²) in [5, 5.41) is 4.16. The predicted octanol–water partition coefficient (Wildman–Crippen LogP) is 3.75. The fourth-order valence-electron chi connectivity index (χ4n) is 2.03. The molecule has 0 bridgehead atoms. The highest BCUT2D eigenvalue weighted by molar-refractivity contribution is 5.86. The number of carbonyl (C=O) groups excluding carboxylic acids is 1. The van der Waals surface area contributed by atoms with E-state index < -0.39 is 0 Å². The fourth-order valence-corrected chi connectivity index (χ4v) is 2.03. The number of hydrazone groups is 1. The van der Waals surface area contributed by atoms with E-state index in [2.05, 4.69) is 23.5 Å². The number of nitrogens with one attached hydrogen (secondary N) is 1. The maximum absolute atomic E-state index is 11.7. The van der Waals surface area contributed by atoms with Crippen LogP contribution in [0.1, 0.15) is 50.7 Å². The monoisotopic (exact) mass is 290 g/mol. The Morgan fingerprint density at radius 1 is 1.19 bits per heavy atom. The van der Waals surface area contributed by atoms with Crippen molar-refractivity contribution in [2.45, 2.75) is 53.4 Å². The van der Waals surface area contributed by atoms with Gasteiger partial charge in [0.1, 0.15) is 5.75 Å². The number of hydrogen-bond acceptors (Lipinski definition) is 3. The molecule has 0 unspecified atom stereocenters. The average Bonchev–Trinajstić information content (AvgIpc) is 2.44. The van der Waals surface area contributed by atoms with Gasteiger partial charge < -0.3 is 4.74 Å². The molecule has 0 aliphatic rings. The quantitative estimate of drug-likeness (QED) is 0.585. The molecule has 21 heavy (non-hydrogen) atoms. The minimum absolute atomic E-state index is 0.0167. The zero-order valence-corrected chi connectivity index (χ0v) is 13.5. The maximum atomic E-state index is 11.7. The molecule has 0 heterocycles. The van der Waals surface area contributed by atoms with Gasteiger partial charge in [0.25, 0.3) is 5.91 Å². The van der Waals surface area contributed by atoms with E-state index in [1.54, 1.807) is 0 Å². The Hall–Kier alpha value is -1.84. The maximum Gasteiger partial charge on any atom is 0.277 e. The van der Waals surface area contributed by atoms with Crippen molar-refractivity contribution in [3.63, 3.8) is 0 Å². The van der Waals surface area contributed by atoms with Crippen LogP contribution in [0, 0.1) is 13.8 Å². The average molecular weight is 290 g/mol. The van der Waals surface area contributed by atoms with Gasteiger partial charge in [-0.1, -0.05) is 26.3 Å². The molecule has 0 spiro atoms. The number of hydrogen-bond donors (Lipinski definition) is 1. The Bertz CT molecular complexity index is 475. The molecule has 0 radical (unpaired) electrons. The minimum Gasteiger partial charge on any atom is -0.484 e. The van der Waals surface area contributed by atoms with Crippen molar-refractivity contribution in [2.75, 3.05) is 6.61 Å². The van der Waals surface area contributed by atoms with Gasteiger partial charge >= 0.3 is 0 Å². The third-order valence-corrected chi connectivity index (χ3v) is 3.13.